The molecule has 2 aromatic carbocycles. The van der Waals surface area contributed by atoms with Gasteiger partial charge in [0.2, 0.25) is 0 Å². The zero-order valence-corrected chi connectivity index (χ0v) is 12.5. The van der Waals surface area contributed by atoms with Crippen molar-refractivity contribution in [1.29, 1.82) is 0 Å². The van der Waals surface area contributed by atoms with Gasteiger partial charge in [-0.25, -0.2) is 4.39 Å². The summed E-state index contributed by atoms with van der Waals surface area (Å²) in [6.45, 7) is 1.38. The number of benzene rings is 2. The van der Waals surface area contributed by atoms with Gasteiger partial charge in [0.15, 0.2) is 24.5 Å². The predicted molar refractivity (Wildman–Crippen MR) is 84.6 cm³/mol. The van der Waals surface area contributed by atoms with Crippen LogP contribution in [0.1, 0.15) is 20.8 Å². The van der Waals surface area contributed by atoms with Gasteiger partial charge in [-0.1, -0.05) is 30.3 Å². The number of nitrogens with zero attached hydrogens (tertiary/aromatic N) is 1. The number of para-hydroxylation sites is 2. The average Bonchev–Trinajstić information content (AvgIpc) is 2.85. The quantitative estimate of drug-likeness (QED) is 0.691. The minimum atomic E-state index is -0.525. The van der Waals surface area contributed by atoms with Crippen LogP contribution in [0.2, 0.25) is 0 Å². The smallest absolute Gasteiger partial charge is 0.269 e. The Balaban J connectivity index is 1.94. The Labute approximate surface area is 132 Å². The van der Waals surface area contributed by atoms with Gasteiger partial charge in [0.05, 0.1) is 5.52 Å². The number of aromatic nitrogens is 1. The molecule has 0 aliphatic rings. The third-order valence-corrected chi connectivity index (χ3v) is 3.72. The summed E-state index contributed by atoms with van der Waals surface area (Å²) in [5.41, 5.74) is 1.65. The fraction of sp³-hybridized carbons (Fsp3) is 0.111. The summed E-state index contributed by atoms with van der Waals surface area (Å²) in [6, 6.07) is 13.0. The first-order valence-corrected chi connectivity index (χ1v) is 7.09. The molecule has 1 aromatic heterocycles. The van der Waals surface area contributed by atoms with E-state index in [9.17, 15) is 14.0 Å². The van der Waals surface area contributed by atoms with E-state index in [1.165, 1.54) is 16.7 Å². The Morgan fingerprint density at radius 1 is 1.17 bits per heavy atom. The molecule has 0 aliphatic heterocycles. The lowest BCUT2D eigenvalue weighted by Gasteiger charge is -2.09. The molecule has 4 nitrogen and oxygen atoms in total. The number of carbonyl (C=O) groups excluding carboxylic acids is 2. The molecule has 0 spiro atoms. The van der Waals surface area contributed by atoms with Crippen molar-refractivity contribution in [3.8, 4) is 5.75 Å². The average molecular weight is 311 g/mol. The van der Waals surface area contributed by atoms with Gasteiger partial charge in [-0.2, -0.15) is 0 Å². The third kappa shape index (κ3) is 2.61. The van der Waals surface area contributed by atoms with Crippen molar-refractivity contribution >= 4 is 23.1 Å². The SMILES string of the molecule is Cc1c(C=O)c2ccccc2n1C(=O)COc1ccccc1F. The minimum Gasteiger partial charge on any atom is -0.481 e. The normalized spacial score (nSPS) is 10.7. The van der Waals surface area contributed by atoms with Gasteiger partial charge in [0.25, 0.3) is 5.91 Å². The Morgan fingerprint density at radius 2 is 1.87 bits per heavy atom. The standard InChI is InChI=1S/C18H14FNO3/c1-12-14(10-21)13-6-2-4-8-16(13)20(12)18(22)11-23-17-9-5-3-7-15(17)19/h2-10H,11H2,1H3. The van der Waals surface area contributed by atoms with E-state index >= 15 is 0 Å². The van der Waals surface area contributed by atoms with E-state index in [-0.39, 0.29) is 18.3 Å². The summed E-state index contributed by atoms with van der Waals surface area (Å²) >= 11 is 0. The minimum absolute atomic E-state index is 0.0191. The Kier molecular flexibility index (Phi) is 3.93. The molecule has 0 aliphatic carbocycles. The van der Waals surface area contributed by atoms with Gasteiger partial charge >= 0.3 is 0 Å². The number of hydrogen-bond acceptors (Lipinski definition) is 3. The van der Waals surface area contributed by atoms with Gasteiger partial charge < -0.3 is 4.74 Å². The molecule has 0 N–H and O–H groups in total. The summed E-state index contributed by atoms with van der Waals surface area (Å²) < 4.78 is 20.2. The van der Waals surface area contributed by atoms with Crippen LogP contribution < -0.4 is 4.74 Å². The molecule has 116 valence electrons. The molecular weight excluding hydrogens is 297 g/mol. The number of aldehydes is 1. The Hall–Kier alpha value is -2.95. The third-order valence-electron chi connectivity index (χ3n) is 3.72. The van der Waals surface area contributed by atoms with Crippen LogP contribution in [-0.2, 0) is 0 Å². The molecule has 5 heteroatoms. The Morgan fingerprint density at radius 3 is 2.61 bits per heavy atom. The van der Waals surface area contributed by atoms with Gasteiger partial charge in [-0.3, -0.25) is 14.2 Å². The predicted octanol–water partition coefficient (Wildman–Crippen LogP) is 3.62. The number of ether oxygens (including phenoxy) is 1. The molecule has 0 bridgehead atoms. The summed E-state index contributed by atoms with van der Waals surface area (Å²) in [7, 11) is 0. The van der Waals surface area contributed by atoms with Crippen molar-refractivity contribution in [2.75, 3.05) is 6.61 Å². The van der Waals surface area contributed by atoms with Crippen molar-refractivity contribution in [3.63, 3.8) is 0 Å². The number of hydrogen-bond donors (Lipinski definition) is 0. The van der Waals surface area contributed by atoms with E-state index < -0.39 is 5.82 Å². The van der Waals surface area contributed by atoms with Crippen LogP contribution in [0.4, 0.5) is 4.39 Å². The first kappa shape index (κ1) is 15.0. The lowest BCUT2D eigenvalue weighted by atomic mass is 10.1. The number of carbonyl (C=O) groups is 2. The molecule has 0 saturated heterocycles. The highest BCUT2D eigenvalue weighted by Crippen LogP contribution is 2.24. The van der Waals surface area contributed by atoms with E-state index in [0.717, 1.165) is 6.29 Å². The topological polar surface area (TPSA) is 48.3 Å². The molecule has 0 atom stereocenters. The largest absolute Gasteiger partial charge is 0.481 e. The van der Waals surface area contributed by atoms with Crippen molar-refractivity contribution in [1.82, 2.24) is 4.57 Å². The summed E-state index contributed by atoms with van der Waals surface area (Å²) in [5, 5.41) is 0.708. The highest BCUT2D eigenvalue weighted by atomic mass is 19.1. The molecule has 3 rings (SSSR count). The van der Waals surface area contributed by atoms with Crippen LogP contribution in [0.5, 0.6) is 5.75 Å². The molecule has 3 aromatic rings. The molecule has 1 heterocycles. The van der Waals surface area contributed by atoms with Gasteiger partial charge in [0.1, 0.15) is 0 Å². The molecule has 0 fully saturated rings. The van der Waals surface area contributed by atoms with Crippen LogP contribution in [-0.4, -0.2) is 23.4 Å². The number of halogens is 1. The lowest BCUT2D eigenvalue weighted by molar-refractivity contribution is 0.0838. The second-order valence-corrected chi connectivity index (χ2v) is 5.08. The maximum atomic E-state index is 13.5. The first-order chi connectivity index (χ1) is 11.1. The molecule has 23 heavy (non-hydrogen) atoms. The Bertz CT molecular complexity index is 898. The van der Waals surface area contributed by atoms with E-state index in [0.29, 0.717) is 22.2 Å². The van der Waals surface area contributed by atoms with Crippen LogP contribution in [0.25, 0.3) is 10.9 Å². The maximum Gasteiger partial charge on any atom is 0.269 e. The highest BCUT2D eigenvalue weighted by Gasteiger charge is 2.18. The summed E-state index contributed by atoms with van der Waals surface area (Å²) in [5.74, 6) is -0.872. The molecule has 0 amide bonds. The van der Waals surface area contributed by atoms with Crippen LogP contribution in [0, 0.1) is 12.7 Å². The fourth-order valence-corrected chi connectivity index (χ4v) is 2.63. The fourth-order valence-electron chi connectivity index (χ4n) is 2.63. The lowest BCUT2D eigenvalue weighted by Crippen LogP contribution is -2.20. The van der Waals surface area contributed by atoms with Crippen molar-refractivity contribution < 1.29 is 18.7 Å². The summed E-state index contributed by atoms with van der Waals surface area (Å²) in [4.78, 5) is 23.8. The second kappa shape index (κ2) is 6.04. The van der Waals surface area contributed by atoms with E-state index in [1.807, 2.05) is 0 Å². The monoisotopic (exact) mass is 311 g/mol. The zero-order chi connectivity index (χ0) is 16.4. The van der Waals surface area contributed by atoms with Crippen molar-refractivity contribution in [3.05, 3.63) is 65.6 Å². The molecule has 0 saturated carbocycles. The molecule has 0 unspecified atom stereocenters. The summed E-state index contributed by atoms with van der Waals surface area (Å²) in [6.07, 6.45) is 0.735. The zero-order valence-electron chi connectivity index (χ0n) is 12.5. The van der Waals surface area contributed by atoms with Crippen LogP contribution in [0.3, 0.4) is 0 Å². The van der Waals surface area contributed by atoms with Gasteiger partial charge in [0, 0.05) is 16.6 Å². The second-order valence-electron chi connectivity index (χ2n) is 5.08. The van der Waals surface area contributed by atoms with Crippen molar-refractivity contribution in [2.45, 2.75) is 6.92 Å². The van der Waals surface area contributed by atoms with Gasteiger partial charge in [-0.05, 0) is 25.1 Å². The first-order valence-electron chi connectivity index (χ1n) is 7.09. The van der Waals surface area contributed by atoms with Crippen LogP contribution >= 0.6 is 0 Å². The van der Waals surface area contributed by atoms with E-state index in [4.69, 9.17) is 4.74 Å². The van der Waals surface area contributed by atoms with Crippen LogP contribution in [0.15, 0.2) is 48.5 Å². The van der Waals surface area contributed by atoms with E-state index in [1.54, 1.807) is 43.3 Å². The van der Waals surface area contributed by atoms with Gasteiger partial charge in [-0.15, -0.1) is 0 Å². The number of rotatable bonds is 4. The molecular formula is C18H14FNO3. The maximum absolute atomic E-state index is 13.5. The van der Waals surface area contributed by atoms with E-state index in [2.05, 4.69) is 0 Å². The number of fused-ring (bicyclic) bond motifs is 1. The highest BCUT2D eigenvalue weighted by molar-refractivity contribution is 6.04. The van der Waals surface area contributed by atoms with Crippen molar-refractivity contribution in [2.24, 2.45) is 0 Å². The molecule has 0 radical (unpaired) electrons.